The molecule has 1 aromatic heterocycles. The van der Waals surface area contributed by atoms with Gasteiger partial charge in [0.2, 0.25) is 10.0 Å². The van der Waals surface area contributed by atoms with Crippen molar-refractivity contribution in [1.29, 1.82) is 0 Å². The van der Waals surface area contributed by atoms with Crippen LogP contribution in [0.3, 0.4) is 0 Å². The average molecular weight is 287 g/mol. The molecule has 1 aliphatic heterocycles. The summed E-state index contributed by atoms with van der Waals surface area (Å²) in [5.41, 5.74) is 0.477. The molecule has 0 radical (unpaired) electrons. The van der Waals surface area contributed by atoms with Gasteiger partial charge < -0.3 is 9.84 Å². The molecule has 0 aliphatic carbocycles. The van der Waals surface area contributed by atoms with Gasteiger partial charge in [0.15, 0.2) is 0 Å². The smallest absolute Gasteiger partial charge is 0.220 e. The van der Waals surface area contributed by atoms with E-state index in [1.807, 2.05) is 6.92 Å². The number of nitrogens with zero attached hydrogens (tertiary/aromatic N) is 2. The number of sulfonamides is 1. The lowest BCUT2D eigenvalue weighted by molar-refractivity contribution is 0.270. The molecule has 0 unspecified atom stereocenters. The highest BCUT2D eigenvalue weighted by Gasteiger charge is 2.30. The average Bonchev–Trinajstić information content (AvgIpc) is 2.75. The molecule has 1 fully saturated rings. The van der Waals surface area contributed by atoms with E-state index >= 15 is 0 Å². The van der Waals surface area contributed by atoms with Crippen LogP contribution in [0, 0.1) is 6.92 Å². The maximum atomic E-state index is 12.5. The first kappa shape index (κ1) is 14.5. The van der Waals surface area contributed by atoms with E-state index in [4.69, 9.17) is 4.52 Å². The van der Waals surface area contributed by atoms with Crippen molar-refractivity contribution >= 4 is 10.0 Å². The maximum Gasteiger partial charge on any atom is 0.220 e. The number of hydrogen-bond donors (Lipinski definition) is 1. The summed E-state index contributed by atoms with van der Waals surface area (Å²) in [6.07, 6.45) is 1.73. The number of aryl methyl sites for hydroxylation is 1. The number of piperidine rings is 1. The molecule has 0 bridgehead atoms. The first-order valence-corrected chi connectivity index (χ1v) is 8.26. The molecule has 1 saturated heterocycles. The van der Waals surface area contributed by atoms with Crippen LogP contribution in [-0.2, 0) is 15.8 Å². The molecular formula is C12H21N3O3S. The second-order valence-electron chi connectivity index (χ2n) is 4.87. The van der Waals surface area contributed by atoms with E-state index in [0.717, 1.165) is 25.9 Å². The number of rotatable bonds is 5. The van der Waals surface area contributed by atoms with Crippen LogP contribution >= 0.6 is 0 Å². The maximum absolute atomic E-state index is 12.5. The second-order valence-corrected chi connectivity index (χ2v) is 6.79. The fraction of sp³-hybridized carbons (Fsp3) is 0.750. The van der Waals surface area contributed by atoms with Gasteiger partial charge in [-0.2, -0.15) is 4.31 Å². The Bertz CT molecular complexity index is 506. The van der Waals surface area contributed by atoms with E-state index in [1.165, 1.54) is 0 Å². The minimum atomic E-state index is -3.33. The van der Waals surface area contributed by atoms with Crippen LogP contribution < -0.4 is 5.32 Å². The zero-order chi connectivity index (χ0) is 13.9. The van der Waals surface area contributed by atoms with Crippen LogP contribution in [0.15, 0.2) is 10.6 Å². The topological polar surface area (TPSA) is 75.4 Å². The zero-order valence-electron chi connectivity index (χ0n) is 11.4. The minimum absolute atomic E-state index is 0.0812. The summed E-state index contributed by atoms with van der Waals surface area (Å²) < 4.78 is 31.5. The van der Waals surface area contributed by atoms with Crippen molar-refractivity contribution in [3.63, 3.8) is 0 Å². The van der Waals surface area contributed by atoms with Crippen LogP contribution in [0.1, 0.15) is 31.2 Å². The molecule has 0 amide bonds. The van der Waals surface area contributed by atoms with Gasteiger partial charge in [0.05, 0.1) is 0 Å². The van der Waals surface area contributed by atoms with Crippen molar-refractivity contribution in [3.8, 4) is 0 Å². The van der Waals surface area contributed by atoms with Gasteiger partial charge in [-0.25, -0.2) is 8.42 Å². The molecule has 19 heavy (non-hydrogen) atoms. The van der Waals surface area contributed by atoms with Gasteiger partial charge in [-0.1, -0.05) is 12.1 Å². The molecule has 0 atom stereocenters. The van der Waals surface area contributed by atoms with Gasteiger partial charge in [-0.05, 0) is 32.9 Å². The molecule has 1 aromatic rings. The highest BCUT2D eigenvalue weighted by Crippen LogP contribution is 2.19. The predicted octanol–water partition coefficient (Wildman–Crippen LogP) is 0.887. The van der Waals surface area contributed by atoms with Crippen LogP contribution in [-0.4, -0.2) is 43.6 Å². The summed E-state index contributed by atoms with van der Waals surface area (Å²) in [5, 5.41) is 7.02. The van der Waals surface area contributed by atoms with Gasteiger partial charge in [-0.3, -0.25) is 0 Å². The van der Waals surface area contributed by atoms with E-state index in [2.05, 4.69) is 10.5 Å². The van der Waals surface area contributed by atoms with Gasteiger partial charge in [0.25, 0.3) is 0 Å². The molecule has 7 heteroatoms. The van der Waals surface area contributed by atoms with Crippen molar-refractivity contribution in [2.24, 2.45) is 0 Å². The lowest BCUT2D eigenvalue weighted by Crippen LogP contribution is -2.46. The van der Waals surface area contributed by atoms with E-state index in [-0.39, 0.29) is 11.8 Å². The van der Waals surface area contributed by atoms with E-state index in [1.54, 1.807) is 17.3 Å². The van der Waals surface area contributed by atoms with Gasteiger partial charge >= 0.3 is 0 Å². The van der Waals surface area contributed by atoms with Crippen LogP contribution in [0.5, 0.6) is 0 Å². The normalized spacial score (nSPS) is 18.1. The highest BCUT2D eigenvalue weighted by molar-refractivity contribution is 7.88. The third-order valence-electron chi connectivity index (χ3n) is 3.39. The molecule has 1 aliphatic rings. The van der Waals surface area contributed by atoms with E-state index in [0.29, 0.717) is 18.0 Å². The lowest BCUT2D eigenvalue weighted by Gasteiger charge is -2.32. The summed E-state index contributed by atoms with van der Waals surface area (Å²) in [4.78, 5) is 0. The zero-order valence-corrected chi connectivity index (χ0v) is 12.2. The molecule has 0 aromatic carbocycles. The molecule has 108 valence electrons. The van der Waals surface area contributed by atoms with Gasteiger partial charge in [0, 0.05) is 18.7 Å². The number of aromatic nitrogens is 1. The van der Waals surface area contributed by atoms with Crippen molar-refractivity contribution in [2.75, 3.05) is 19.6 Å². The highest BCUT2D eigenvalue weighted by atomic mass is 32.2. The predicted molar refractivity (Wildman–Crippen MR) is 72.1 cm³/mol. The monoisotopic (exact) mass is 287 g/mol. The van der Waals surface area contributed by atoms with Gasteiger partial charge in [-0.15, -0.1) is 0 Å². The van der Waals surface area contributed by atoms with Crippen molar-refractivity contribution in [3.05, 3.63) is 17.5 Å². The number of hydrogen-bond acceptors (Lipinski definition) is 5. The second kappa shape index (κ2) is 6.02. The largest absolute Gasteiger partial charge is 0.361 e. The third kappa shape index (κ3) is 3.55. The lowest BCUT2D eigenvalue weighted by atomic mass is 10.1. The van der Waals surface area contributed by atoms with Crippen LogP contribution in [0.2, 0.25) is 0 Å². The van der Waals surface area contributed by atoms with Gasteiger partial charge in [0.1, 0.15) is 17.2 Å². The van der Waals surface area contributed by atoms with E-state index in [9.17, 15) is 8.42 Å². The third-order valence-corrected chi connectivity index (χ3v) is 5.32. The summed E-state index contributed by atoms with van der Waals surface area (Å²) in [6, 6.07) is 1.78. The first-order chi connectivity index (χ1) is 9.03. The Hall–Kier alpha value is -0.920. The van der Waals surface area contributed by atoms with Crippen LogP contribution in [0.25, 0.3) is 0 Å². The summed E-state index contributed by atoms with van der Waals surface area (Å²) in [6.45, 7) is 5.89. The molecule has 2 rings (SSSR count). The Kier molecular flexibility index (Phi) is 4.59. The molecule has 6 nitrogen and oxygen atoms in total. The fourth-order valence-electron chi connectivity index (χ4n) is 2.53. The Morgan fingerprint density at radius 1 is 1.47 bits per heavy atom. The number of nitrogens with one attached hydrogen (secondary N) is 1. The van der Waals surface area contributed by atoms with Crippen LogP contribution in [0.4, 0.5) is 0 Å². The Morgan fingerprint density at radius 2 is 2.16 bits per heavy atom. The Morgan fingerprint density at radius 3 is 2.68 bits per heavy atom. The quantitative estimate of drug-likeness (QED) is 0.870. The Balaban J connectivity index is 2.11. The molecular weight excluding hydrogens is 266 g/mol. The fourth-order valence-corrected chi connectivity index (χ4v) is 4.27. The van der Waals surface area contributed by atoms with Crippen molar-refractivity contribution in [1.82, 2.24) is 14.8 Å². The first-order valence-electron chi connectivity index (χ1n) is 6.65. The minimum Gasteiger partial charge on any atom is -0.361 e. The molecule has 0 spiro atoms. The summed E-state index contributed by atoms with van der Waals surface area (Å²) >= 11 is 0. The van der Waals surface area contributed by atoms with Crippen molar-refractivity contribution < 1.29 is 12.9 Å². The standard InChI is InChI=1S/C12H21N3O3S/c1-3-15(12-4-6-13-7-5-12)19(16,17)9-11-8-10(2)18-14-11/h8,12-13H,3-7,9H2,1-2H3. The molecule has 2 heterocycles. The van der Waals surface area contributed by atoms with Crippen molar-refractivity contribution in [2.45, 2.75) is 38.5 Å². The summed E-state index contributed by atoms with van der Waals surface area (Å²) in [5.74, 6) is 0.553. The SMILES string of the molecule is CCN(C1CCNCC1)S(=O)(=O)Cc1cc(C)on1. The van der Waals surface area contributed by atoms with E-state index < -0.39 is 10.0 Å². The summed E-state index contributed by atoms with van der Waals surface area (Å²) in [7, 11) is -3.33. The molecule has 1 N–H and O–H groups in total. The molecule has 0 saturated carbocycles. The Labute approximate surface area is 114 Å².